The van der Waals surface area contributed by atoms with Crippen molar-refractivity contribution < 1.29 is 49.1 Å². The number of nitrogens with zero attached hydrogens (tertiary/aromatic N) is 2. The number of hydrogen-bond donors (Lipinski definition) is 1. The van der Waals surface area contributed by atoms with E-state index in [2.05, 4.69) is 4.98 Å². The van der Waals surface area contributed by atoms with E-state index in [1.165, 1.54) is 0 Å². The van der Waals surface area contributed by atoms with E-state index in [4.69, 9.17) is 0 Å². The number of likely N-dealkylation sites (tertiary alicyclic amines) is 1. The van der Waals surface area contributed by atoms with Crippen LogP contribution in [0.3, 0.4) is 0 Å². The second kappa shape index (κ2) is 10.6. The maximum Gasteiger partial charge on any atom is 0.430 e. The first-order valence-electron chi connectivity index (χ1n) is 13.2. The van der Waals surface area contributed by atoms with Gasteiger partial charge >= 0.3 is 12.4 Å². The molecule has 3 aromatic rings. The van der Waals surface area contributed by atoms with Gasteiger partial charge in [-0.1, -0.05) is 24.3 Å². The summed E-state index contributed by atoms with van der Waals surface area (Å²) in [5, 5.41) is 9.77. The van der Waals surface area contributed by atoms with Crippen LogP contribution in [0.4, 0.5) is 30.7 Å². The Morgan fingerprint density at radius 3 is 1.98 bits per heavy atom. The molecule has 1 unspecified atom stereocenters. The van der Waals surface area contributed by atoms with Gasteiger partial charge in [-0.3, -0.25) is 9.78 Å². The van der Waals surface area contributed by atoms with Gasteiger partial charge in [-0.05, 0) is 66.8 Å². The molecule has 0 bridgehead atoms. The van der Waals surface area contributed by atoms with E-state index in [0.29, 0.717) is 31.6 Å². The quantitative estimate of drug-likeness (QED) is 0.282. The average Bonchev–Trinajstić information content (AvgIpc) is 3.42. The summed E-state index contributed by atoms with van der Waals surface area (Å²) in [6, 6.07) is 9.82. The maximum atomic E-state index is 13.9. The van der Waals surface area contributed by atoms with Gasteiger partial charge in [-0.15, -0.1) is 0 Å². The minimum Gasteiger partial charge on any atom is -0.369 e. The van der Waals surface area contributed by atoms with E-state index in [-0.39, 0.29) is 35.1 Å². The Labute approximate surface area is 242 Å². The predicted molar refractivity (Wildman–Crippen MR) is 139 cm³/mol. The molecule has 5 rings (SSSR count). The molecule has 1 saturated heterocycles. The molecule has 2 heterocycles. The molecular formula is C29H25F7N2O4S. The van der Waals surface area contributed by atoms with Gasteiger partial charge in [-0.25, -0.2) is 12.8 Å². The molecule has 1 aliphatic carbocycles. The lowest BCUT2D eigenvalue weighted by Gasteiger charge is -2.47. The molecule has 1 aromatic heterocycles. The van der Waals surface area contributed by atoms with Gasteiger partial charge in [0.15, 0.2) is 9.84 Å². The molecule has 230 valence electrons. The SMILES string of the molecule is O=C([C@H]1C[C@@](c2ccc(C(O)(C(F)(F)F)C(F)(F)F)cc2)(S(=O)(=O)c2ccc(F)cc2)C1)N1CCC(c2ccncc2)C1. The normalized spacial score (nSPS) is 23.2. The molecule has 14 heteroatoms. The lowest BCUT2D eigenvalue weighted by molar-refractivity contribution is -0.376. The number of alkyl halides is 6. The van der Waals surface area contributed by atoms with Crippen LogP contribution in [-0.2, 0) is 25.0 Å². The number of carbonyl (C=O) groups is 1. The average molecular weight is 631 g/mol. The van der Waals surface area contributed by atoms with Gasteiger partial charge in [-0.2, -0.15) is 26.3 Å². The van der Waals surface area contributed by atoms with Gasteiger partial charge < -0.3 is 10.0 Å². The zero-order chi connectivity index (χ0) is 31.4. The van der Waals surface area contributed by atoms with Crippen molar-refractivity contribution in [1.82, 2.24) is 9.88 Å². The van der Waals surface area contributed by atoms with Crippen molar-refractivity contribution in [3.05, 3.63) is 95.6 Å². The van der Waals surface area contributed by atoms with Crippen LogP contribution in [0.5, 0.6) is 0 Å². The van der Waals surface area contributed by atoms with Crippen LogP contribution in [0.25, 0.3) is 0 Å². The monoisotopic (exact) mass is 630 g/mol. The van der Waals surface area contributed by atoms with Crippen molar-refractivity contribution in [2.45, 2.75) is 52.8 Å². The van der Waals surface area contributed by atoms with E-state index in [1.807, 2.05) is 12.1 Å². The predicted octanol–water partition coefficient (Wildman–Crippen LogP) is 5.63. The second-order valence-electron chi connectivity index (χ2n) is 10.9. The first-order chi connectivity index (χ1) is 20.0. The van der Waals surface area contributed by atoms with E-state index < -0.39 is 49.8 Å². The van der Waals surface area contributed by atoms with Crippen molar-refractivity contribution in [1.29, 1.82) is 0 Å². The zero-order valence-corrected chi connectivity index (χ0v) is 23.1. The number of pyridine rings is 1. The van der Waals surface area contributed by atoms with Crippen LogP contribution in [-0.4, -0.2) is 54.8 Å². The first-order valence-corrected chi connectivity index (χ1v) is 14.7. The largest absolute Gasteiger partial charge is 0.430 e. The fourth-order valence-electron chi connectivity index (χ4n) is 5.99. The smallest absolute Gasteiger partial charge is 0.369 e. The Kier molecular flexibility index (Phi) is 7.61. The van der Waals surface area contributed by atoms with Crippen LogP contribution < -0.4 is 0 Å². The fraction of sp³-hybridized carbons (Fsp3) is 0.379. The zero-order valence-electron chi connectivity index (χ0n) is 22.2. The summed E-state index contributed by atoms with van der Waals surface area (Å²) in [4.78, 5) is 18.7. The van der Waals surface area contributed by atoms with Crippen molar-refractivity contribution >= 4 is 15.7 Å². The lowest BCUT2D eigenvalue weighted by atomic mass is 9.69. The van der Waals surface area contributed by atoms with E-state index in [1.54, 1.807) is 17.3 Å². The molecule has 1 atom stereocenters. The van der Waals surface area contributed by atoms with E-state index >= 15 is 0 Å². The van der Waals surface area contributed by atoms with Crippen LogP contribution >= 0.6 is 0 Å². The number of rotatable bonds is 6. The third-order valence-electron chi connectivity index (χ3n) is 8.47. The standard InChI is InChI=1S/C29H25F7N2O4S/c30-23-5-7-24(8-6-23)43(41,42)26(21-1-3-22(4-2-21)27(40,28(31,32)33)29(34,35)36)15-20(16-26)25(39)38-14-11-19(17-38)18-9-12-37-13-10-18/h1-10,12-13,19-20,40H,11,14-17H2/t19?,20-,26+. The number of carbonyl (C=O) groups excluding carboxylic acids is 1. The van der Waals surface area contributed by atoms with E-state index in [9.17, 15) is 49.1 Å². The Morgan fingerprint density at radius 2 is 1.44 bits per heavy atom. The molecule has 6 nitrogen and oxygen atoms in total. The summed E-state index contributed by atoms with van der Waals surface area (Å²) in [6.07, 6.45) is -8.91. The molecule has 43 heavy (non-hydrogen) atoms. The summed E-state index contributed by atoms with van der Waals surface area (Å²) in [7, 11) is -4.43. The van der Waals surface area contributed by atoms with E-state index in [0.717, 1.165) is 42.0 Å². The second-order valence-corrected chi connectivity index (χ2v) is 13.2. The van der Waals surface area contributed by atoms with Crippen molar-refractivity contribution in [2.75, 3.05) is 13.1 Å². The molecule has 0 radical (unpaired) electrons. The van der Waals surface area contributed by atoms with Crippen LogP contribution in [0.2, 0.25) is 0 Å². The minimum absolute atomic E-state index is 0.0493. The fourth-order valence-corrected chi connectivity index (χ4v) is 8.22. The van der Waals surface area contributed by atoms with Gasteiger partial charge in [0.25, 0.3) is 5.60 Å². The van der Waals surface area contributed by atoms with Gasteiger partial charge in [0.2, 0.25) is 5.91 Å². The maximum absolute atomic E-state index is 13.9. The number of benzene rings is 2. The number of sulfone groups is 1. The molecule has 1 saturated carbocycles. The van der Waals surface area contributed by atoms with Crippen LogP contribution in [0, 0.1) is 11.7 Å². The Bertz CT molecular complexity index is 1570. The third kappa shape index (κ3) is 5.07. The molecule has 1 N–H and O–H groups in total. The minimum atomic E-state index is -6.12. The Morgan fingerprint density at radius 1 is 0.884 bits per heavy atom. The number of aliphatic hydroxyl groups is 1. The topological polar surface area (TPSA) is 87.6 Å². The van der Waals surface area contributed by atoms with Crippen molar-refractivity contribution in [3.63, 3.8) is 0 Å². The summed E-state index contributed by atoms with van der Waals surface area (Å²) in [5.41, 5.74) is -5.91. The molecule has 0 spiro atoms. The highest BCUT2D eigenvalue weighted by molar-refractivity contribution is 7.92. The molecule has 2 aromatic carbocycles. The molecule has 2 aliphatic rings. The molecular weight excluding hydrogens is 605 g/mol. The van der Waals surface area contributed by atoms with Crippen molar-refractivity contribution in [3.8, 4) is 0 Å². The summed E-state index contributed by atoms with van der Waals surface area (Å²) >= 11 is 0. The highest BCUT2D eigenvalue weighted by Crippen LogP contribution is 2.56. The van der Waals surface area contributed by atoms with Gasteiger partial charge in [0.1, 0.15) is 10.6 Å². The molecule has 2 fully saturated rings. The van der Waals surface area contributed by atoms with Crippen molar-refractivity contribution in [2.24, 2.45) is 5.92 Å². The third-order valence-corrected chi connectivity index (χ3v) is 11.0. The number of halogens is 7. The first kappa shape index (κ1) is 30.9. The van der Waals surface area contributed by atoms with Gasteiger partial charge in [0.05, 0.1) is 4.90 Å². The molecule has 1 amide bonds. The number of aromatic nitrogens is 1. The summed E-state index contributed by atoms with van der Waals surface area (Å²) in [6.45, 7) is 0.807. The van der Waals surface area contributed by atoms with Crippen LogP contribution in [0.1, 0.15) is 41.9 Å². The summed E-state index contributed by atoms with van der Waals surface area (Å²) in [5.74, 6) is -1.79. The van der Waals surface area contributed by atoms with Gasteiger partial charge in [0, 0.05) is 42.9 Å². The number of hydrogen-bond acceptors (Lipinski definition) is 5. The Hall–Kier alpha value is -3.52. The summed E-state index contributed by atoms with van der Waals surface area (Å²) < 4.78 is 120. The molecule has 1 aliphatic heterocycles. The lowest BCUT2D eigenvalue weighted by Crippen LogP contribution is -2.54. The highest BCUT2D eigenvalue weighted by atomic mass is 32.2. The Balaban J connectivity index is 1.47. The number of amides is 1. The van der Waals surface area contributed by atoms with Crippen LogP contribution in [0.15, 0.2) is 78.0 Å². The highest BCUT2D eigenvalue weighted by Gasteiger charge is 2.71.